The number of aryl methyl sites for hydroxylation is 1. The SMILES string of the molecule is Cc1ccc(C(=O)NC[C@@H](C)Cc2cccc3ccccc23)c(I)c1. The second-order valence-electron chi connectivity index (χ2n) is 6.64. The lowest BCUT2D eigenvalue weighted by molar-refractivity contribution is 0.0947. The van der Waals surface area contributed by atoms with Gasteiger partial charge in [0.1, 0.15) is 0 Å². The van der Waals surface area contributed by atoms with Crippen LogP contribution >= 0.6 is 22.6 Å². The fourth-order valence-electron chi connectivity index (χ4n) is 3.08. The summed E-state index contributed by atoms with van der Waals surface area (Å²) in [5, 5.41) is 5.65. The third-order valence-electron chi connectivity index (χ3n) is 4.43. The van der Waals surface area contributed by atoms with E-state index in [9.17, 15) is 4.79 Å². The Morgan fingerprint density at radius 2 is 1.84 bits per heavy atom. The van der Waals surface area contributed by atoms with Crippen LogP contribution in [0.3, 0.4) is 0 Å². The molecule has 0 saturated heterocycles. The summed E-state index contributed by atoms with van der Waals surface area (Å²) in [6, 6.07) is 20.8. The molecule has 1 N–H and O–H groups in total. The first kappa shape index (κ1) is 17.9. The van der Waals surface area contributed by atoms with Crippen molar-refractivity contribution in [3.05, 3.63) is 80.9 Å². The fraction of sp³-hybridized carbons (Fsp3) is 0.227. The van der Waals surface area contributed by atoms with Gasteiger partial charge in [-0.2, -0.15) is 0 Å². The van der Waals surface area contributed by atoms with Crippen molar-refractivity contribution in [2.45, 2.75) is 20.3 Å². The first-order chi connectivity index (χ1) is 12.0. The molecular formula is C22H22INO. The third kappa shape index (κ3) is 4.40. The van der Waals surface area contributed by atoms with E-state index in [2.05, 4.69) is 77.3 Å². The van der Waals surface area contributed by atoms with Crippen molar-refractivity contribution < 1.29 is 4.79 Å². The van der Waals surface area contributed by atoms with E-state index in [-0.39, 0.29) is 5.91 Å². The minimum absolute atomic E-state index is 0.00849. The summed E-state index contributed by atoms with van der Waals surface area (Å²) in [4.78, 5) is 12.4. The number of amides is 1. The molecule has 0 aromatic heterocycles. The Labute approximate surface area is 162 Å². The zero-order valence-electron chi connectivity index (χ0n) is 14.6. The van der Waals surface area contributed by atoms with E-state index in [1.165, 1.54) is 21.9 Å². The molecule has 3 aromatic carbocycles. The Morgan fingerprint density at radius 3 is 2.64 bits per heavy atom. The maximum absolute atomic E-state index is 12.4. The zero-order valence-corrected chi connectivity index (χ0v) is 16.7. The Balaban J connectivity index is 1.64. The Hall–Kier alpha value is -1.88. The molecule has 3 heteroatoms. The highest BCUT2D eigenvalue weighted by atomic mass is 127. The molecule has 0 heterocycles. The molecule has 0 unspecified atom stereocenters. The molecule has 1 amide bonds. The second kappa shape index (κ2) is 8.00. The minimum Gasteiger partial charge on any atom is -0.352 e. The predicted octanol–water partition coefficient (Wildman–Crippen LogP) is 5.36. The number of hydrogen-bond acceptors (Lipinski definition) is 1. The first-order valence-electron chi connectivity index (χ1n) is 8.55. The summed E-state index contributed by atoms with van der Waals surface area (Å²) < 4.78 is 0.997. The summed E-state index contributed by atoms with van der Waals surface area (Å²) in [7, 11) is 0. The molecule has 0 aliphatic heterocycles. The van der Waals surface area contributed by atoms with Crippen LogP contribution < -0.4 is 5.32 Å². The quantitative estimate of drug-likeness (QED) is 0.529. The Bertz CT molecular complexity index is 898. The van der Waals surface area contributed by atoms with E-state index in [1.807, 2.05) is 25.1 Å². The van der Waals surface area contributed by atoms with Crippen molar-refractivity contribution in [1.29, 1.82) is 0 Å². The lowest BCUT2D eigenvalue weighted by atomic mass is 9.96. The van der Waals surface area contributed by atoms with E-state index < -0.39 is 0 Å². The van der Waals surface area contributed by atoms with Crippen molar-refractivity contribution >= 4 is 39.3 Å². The number of benzene rings is 3. The summed E-state index contributed by atoms with van der Waals surface area (Å²) in [6.45, 7) is 4.89. The molecule has 0 saturated carbocycles. The molecule has 0 fully saturated rings. The highest BCUT2D eigenvalue weighted by Gasteiger charge is 2.12. The van der Waals surface area contributed by atoms with Crippen LogP contribution in [0, 0.1) is 16.4 Å². The van der Waals surface area contributed by atoms with Crippen molar-refractivity contribution in [1.82, 2.24) is 5.32 Å². The standard InChI is InChI=1S/C22H22INO/c1-15-10-11-20(21(23)13-15)22(25)24-14-16(2)12-18-8-5-7-17-6-3-4-9-19(17)18/h3-11,13,16H,12,14H2,1-2H3,(H,24,25)/t16-/m0/s1. The van der Waals surface area contributed by atoms with E-state index in [0.29, 0.717) is 12.5 Å². The number of hydrogen-bond donors (Lipinski definition) is 1. The fourth-order valence-corrected chi connectivity index (χ4v) is 4.00. The predicted molar refractivity (Wildman–Crippen MR) is 113 cm³/mol. The van der Waals surface area contributed by atoms with E-state index in [0.717, 1.165) is 15.6 Å². The van der Waals surface area contributed by atoms with Crippen LogP contribution in [0.5, 0.6) is 0 Å². The topological polar surface area (TPSA) is 29.1 Å². The molecule has 1 atom stereocenters. The molecule has 0 aliphatic rings. The summed E-state index contributed by atoms with van der Waals surface area (Å²) in [6.07, 6.45) is 0.951. The molecule has 25 heavy (non-hydrogen) atoms. The van der Waals surface area contributed by atoms with Gasteiger partial charge in [0.05, 0.1) is 5.56 Å². The summed E-state index contributed by atoms with van der Waals surface area (Å²) >= 11 is 2.23. The molecular weight excluding hydrogens is 421 g/mol. The van der Waals surface area contributed by atoms with Crippen LogP contribution in [0.1, 0.15) is 28.4 Å². The summed E-state index contributed by atoms with van der Waals surface area (Å²) in [5.74, 6) is 0.382. The molecule has 0 radical (unpaired) electrons. The molecule has 128 valence electrons. The van der Waals surface area contributed by atoms with Crippen LogP contribution in [0.25, 0.3) is 10.8 Å². The Kier molecular flexibility index (Phi) is 5.74. The van der Waals surface area contributed by atoms with Crippen molar-refractivity contribution in [3.8, 4) is 0 Å². The lowest BCUT2D eigenvalue weighted by Gasteiger charge is -2.15. The number of halogens is 1. The van der Waals surface area contributed by atoms with Gasteiger partial charge in [-0.1, -0.05) is 61.0 Å². The van der Waals surface area contributed by atoms with Gasteiger partial charge in [0.15, 0.2) is 0 Å². The van der Waals surface area contributed by atoms with Crippen LogP contribution in [0.4, 0.5) is 0 Å². The second-order valence-corrected chi connectivity index (χ2v) is 7.80. The van der Waals surface area contributed by atoms with Crippen molar-refractivity contribution in [3.63, 3.8) is 0 Å². The average molecular weight is 443 g/mol. The lowest BCUT2D eigenvalue weighted by Crippen LogP contribution is -2.29. The van der Waals surface area contributed by atoms with E-state index in [4.69, 9.17) is 0 Å². The van der Waals surface area contributed by atoms with Gasteiger partial charge in [-0.25, -0.2) is 0 Å². The van der Waals surface area contributed by atoms with Gasteiger partial charge < -0.3 is 5.32 Å². The van der Waals surface area contributed by atoms with Crippen LogP contribution in [0.15, 0.2) is 60.7 Å². The van der Waals surface area contributed by atoms with Crippen molar-refractivity contribution in [2.24, 2.45) is 5.92 Å². The van der Waals surface area contributed by atoms with Gasteiger partial charge in [0.2, 0.25) is 0 Å². The summed E-state index contributed by atoms with van der Waals surface area (Å²) in [5.41, 5.74) is 3.26. The van der Waals surface area contributed by atoms with E-state index in [1.54, 1.807) is 0 Å². The zero-order chi connectivity index (χ0) is 17.8. The van der Waals surface area contributed by atoms with Crippen LogP contribution in [0.2, 0.25) is 0 Å². The number of nitrogens with one attached hydrogen (secondary N) is 1. The molecule has 3 rings (SSSR count). The molecule has 3 aromatic rings. The normalized spacial score (nSPS) is 12.1. The Morgan fingerprint density at radius 1 is 1.08 bits per heavy atom. The highest BCUT2D eigenvalue weighted by molar-refractivity contribution is 14.1. The molecule has 0 bridgehead atoms. The van der Waals surface area contributed by atoms with Crippen molar-refractivity contribution in [2.75, 3.05) is 6.54 Å². The molecule has 0 spiro atoms. The van der Waals surface area contributed by atoms with E-state index >= 15 is 0 Å². The first-order valence-corrected chi connectivity index (χ1v) is 9.63. The third-order valence-corrected chi connectivity index (χ3v) is 5.32. The smallest absolute Gasteiger partial charge is 0.252 e. The van der Waals surface area contributed by atoms with Gasteiger partial charge in [-0.15, -0.1) is 0 Å². The molecule has 2 nitrogen and oxygen atoms in total. The van der Waals surface area contributed by atoms with Gasteiger partial charge in [0.25, 0.3) is 5.91 Å². The maximum atomic E-state index is 12.4. The maximum Gasteiger partial charge on any atom is 0.252 e. The largest absolute Gasteiger partial charge is 0.352 e. The molecule has 0 aliphatic carbocycles. The highest BCUT2D eigenvalue weighted by Crippen LogP contribution is 2.21. The number of rotatable bonds is 5. The van der Waals surface area contributed by atoms with Gasteiger partial charge >= 0.3 is 0 Å². The monoisotopic (exact) mass is 443 g/mol. The van der Waals surface area contributed by atoms with Gasteiger partial charge in [-0.05, 0) is 70.3 Å². The number of fused-ring (bicyclic) bond motifs is 1. The number of carbonyl (C=O) groups excluding carboxylic acids is 1. The van der Waals surface area contributed by atoms with Gasteiger partial charge in [0, 0.05) is 10.1 Å². The van der Waals surface area contributed by atoms with Crippen LogP contribution in [-0.4, -0.2) is 12.5 Å². The number of carbonyl (C=O) groups is 1. The minimum atomic E-state index is 0.00849. The van der Waals surface area contributed by atoms with Crippen LogP contribution in [-0.2, 0) is 6.42 Å². The van der Waals surface area contributed by atoms with Gasteiger partial charge in [-0.3, -0.25) is 4.79 Å². The average Bonchev–Trinajstić information content (AvgIpc) is 2.60.